The van der Waals surface area contributed by atoms with Gasteiger partial charge in [-0.1, -0.05) is 35.0 Å². The Labute approximate surface area is 87.3 Å². The molecule has 1 unspecified atom stereocenters. The molecule has 0 aromatic heterocycles. The Bertz CT molecular complexity index is 266. The highest BCUT2D eigenvalue weighted by Gasteiger charge is 2.07. The number of carbonyl (C=O) groups is 1. The van der Waals surface area contributed by atoms with E-state index in [1.54, 1.807) is 0 Å². The zero-order valence-corrected chi connectivity index (χ0v) is 9.25. The first-order valence-electron chi connectivity index (χ1n) is 4.47. The lowest BCUT2D eigenvalue weighted by Crippen LogP contribution is -1.97. The van der Waals surface area contributed by atoms with Crippen LogP contribution in [0.3, 0.4) is 0 Å². The molecule has 70 valence electrons. The van der Waals surface area contributed by atoms with Gasteiger partial charge in [-0.15, -0.1) is 0 Å². The molecule has 0 bridgehead atoms. The van der Waals surface area contributed by atoms with E-state index in [4.69, 9.17) is 0 Å². The Balaban J connectivity index is 2.78. The van der Waals surface area contributed by atoms with Crippen LogP contribution in [0.4, 0.5) is 0 Å². The van der Waals surface area contributed by atoms with Gasteiger partial charge in [-0.2, -0.15) is 0 Å². The quantitative estimate of drug-likeness (QED) is 0.737. The lowest BCUT2D eigenvalue weighted by molar-refractivity contribution is -0.108. The molecule has 0 saturated heterocycles. The minimum Gasteiger partial charge on any atom is -0.303 e. The second-order valence-corrected chi connectivity index (χ2v) is 3.97. The van der Waals surface area contributed by atoms with Crippen LogP contribution in [0, 0.1) is 0 Å². The van der Waals surface area contributed by atoms with Crippen molar-refractivity contribution in [1.29, 1.82) is 0 Å². The van der Waals surface area contributed by atoms with Gasteiger partial charge in [-0.05, 0) is 30.0 Å². The van der Waals surface area contributed by atoms with Gasteiger partial charge in [-0.3, -0.25) is 0 Å². The Morgan fingerprint density at radius 3 is 2.46 bits per heavy atom. The second kappa shape index (κ2) is 5.18. The van der Waals surface area contributed by atoms with Gasteiger partial charge in [0.15, 0.2) is 0 Å². The van der Waals surface area contributed by atoms with Crippen molar-refractivity contribution >= 4 is 22.2 Å². The van der Waals surface area contributed by atoms with Crippen molar-refractivity contribution in [2.45, 2.75) is 25.7 Å². The fraction of sp³-hybridized carbons (Fsp3) is 0.364. The predicted molar refractivity (Wildman–Crippen MR) is 57.9 cm³/mol. The number of hydrogen-bond acceptors (Lipinski definition) is 1. The lowest BCUT2D eigenvalue weighted by Gasteiger charge is -2.11. The number of halogens is 1. The standard InChI is InChI=1S/C11H13BrO/c1-2-9(7-8-13)10-3-5-11(12)6-4-10/h3-6,8-9H,2,7H2,1H3. The van der Waals surface area contributed by atoms with Gasteiger partial charge < -0.3 is 4.79 Å². The Hall–Kier alpha value is -0.630. The zero-order valence-electron chi connectivity index (χ0n) is 7.66. The monoisotopic (exact) mass is 240 g/mol. The van der Waals surface area contributed by atoms with Gasteiger partial charge in [0.25, 0.3) is 0 Å². The Morgan fingerprint density at radius 1 is 1.38 bits per heavy atom. The Morgan fingerprint density at radius 2 is 2.00 bits per heavy atom. The van der Waals surface area contributed by atoms with Gasteiger partial charge in [0.05, 0.1) is 0 Å². The molecule has 0 aliphatic heterocycles. The highest BCUT2D eigenvalue weighted by atomic mass is 79.9. The molecule has 0 amide bonds. The number of aldehydes is 1. The van der Waals surface area contributed by atoms with Gasteiger partial charge in [0.2, 0.25) is 0 Å². The summed E-state index contributed by atoms with van der Waals surface area (Å²) in [5, 5.41) is 0. The molecular formula is C11H13BrO. The molecule has 13 heavy (non-hydrogen) atoms. The van der Waals surface area contributed by atoms with Gasteiger partial charge in [0.1, 0.15) is 6.29 Å². The molecular weight excluding hydrogens is 228 g/mol. The molecule has 1 aromatic rings. The van der Waals surface area contributed by atoms with Crippen molar-refractivity contribution in [2.75, 3.05) is 0 Å². The molecule has 0 aliphatic rings. The van der Waals surface area contributed by atoms with E-state index >= 15 is 0 Å². The second-order valence-electron chi connectivity index (χ2n) is 3.06. The summed E-state index contributed by atoms with van der Waals surface area (Å²) in [6.45, 7) is 2.11. The molecule has 0 heterocycles. The summed E-state index contributed by atoms with van der Waals surface area (Å²) in [6.07, 6.45) is 2.63. The van der Waals surface area contributed by atoms with E-state index in [-0.39, 0.29) is 0 Å². The van der Waals surface area contributed by atoms with Crippen molar-refractivity contribution < 1.29 is 4.79 Å². The summed E-state index contributed by atoms with van der Waals surface area (Å²) in [4.78, 5) is 10.4. The number of hydrogen-bond donors (Lipinski definition) is 0. The maximum atomic E-state index is 10.4. The molecule has 0 aliphatic carbocycles. The Kier molecular flexibility index (Phi) is 4.16. The molecule has 0 N–H and O–H groups in total. The molecule has 1 nitrogen and oxygen atoms in total. The van der Waals surface area contributed by atoms with Crippen LogP contribution in [0.15, 0.2) is 28.7 Å². The van der Waals surface area contributed by atoms with Crippen LogP contribution in [0.5, 0.6) is 0 Å². The summed E-state index contributed by atoms with van der Waals surface area (Å²) >= 11 is 3.39. The molecule has 0 saturated carbocycles. The van der Waals surface area contributed by atoms with Crippen LogP contribution in [0.2, 0.25) is 0 Å². The first kappa shape index (κ1) is 10.5. The topological polar surface area (TPSA) is 17.1 Å². The molecule has 0 spiro atoms. The fourth-order valence-corrected chi connectivity index (χ4v) is 1.65. The maximum Gasteiger partial charge on any atom is 0.120 e. The number of benzene rings is 1. The SMILES string of the molecule is CCC(CC=O)c1ccc(Br)cc1. The van der Waals surface area contributed by atoms with Crippen molar-refractivity contribution in [2.24, 2.45) is 0 Å². The smallest absolute Gasteiger partial charge is 0.120 e. The maximum absolute atomic E-state index is 10.4. The van der Waals surface area contributed by atoms with Crippen LogP contribution >= 0.6 is 15.9 Å². The molecule has 1 aromatic carbocycles. The first-order valence-corrected chi connectivity index (χ1v) is 5.26. The lowest BCUT2D eigenvalue weighted by atomic mass is 9.94. The van der Waals surface area contributed by atoms with Crippen molar-refractivity contribution in [1.82, 2.24) is 0 Å². The largest absolute Gasteiger partial charge is 0.303 e. The predicted octanol–water partition coefficient (Wildman–Crippen LogP) is 3.53. The highest BCUT2D eigenvalue weighted by molar-refractivity contribution is 9.10. The fourth-order valence-electron chi connectivity index (χ4n) is 1.39. The van der Waals surface area contributed by atoms with Crippen LogP contribution in [0.25, 0.3) is 0 Å². The number of carbonyl (C=O) groups excluding carboxylic acids is 1. The average Bonchev–Trinajstić information content (AvgIpc) is 2.16. The van der Waals surface area contributed by atoms with Crippen LogP contribution in [0.1, 0.15) is 31.2 Å². The average molecular weight is 241 g/mol. The summed E-state index contributed by atoms with van der Waals surface area (Å²) < 4.78 is 1.08. The first-order chi connectivity index (χ1) is 6.27. The van der Waals surface area contributed by atoms with Crippen LogP contribution in [-0.4, -0.2) is 6.29 Å². The molecule has 1 atom stereocenters. The normalized spacial score (nSPS) is 12.5. The van der Waals surface area contributed by atoms with Gasteiger partial charge >= 0.3 is 0 Å². The third-order valence-electron chi connectivity index (χ3n) is 2.21. The van der Waals surface area contributed by atoms with Crippen molar-refractivity contribution in [3.63, 3.8) is 0 Å². The molecule has 2 heteroatoms. The number of rotatable bonds is 4. The molecule has 0 fully saturated rings. The van der Waals surface area contributed by atoms with Gasteiger partial charge in [-0.25, -0.2) is 0 Å². The zero-order chi connectivity index (χ0) is 9.68. The third-order valence-corrected chi connectivity index (χ3v) is 2.74. The van der Waals surface area contributed by atoms with E-state index in [1.807, 2.05) is 12.1 Å². The van der Waals surface area contributed by atoms with E-state index in [2.05, 4.69) is 35.0 Å². The minimum absolute atomic E-state index is 0.380. The van der Waals surface area contributed by atoms with Gasteiger partial charge in [0, 0.05) is 10.9 Å². The summed E-state index contributed by atoms with van der Waals surface area (Å²) in [7, 11) is 0. The van der Waals surface area contributed by atoms with E-state index in [9.17, 15) is 4.79 Å². The van der Waals surface area contributed by atoms with E-state index in [1.165, 1.54) is 5.56 Å². The van der Waals surface area contributed by atoms with E-state index < -0.39 is 0 Å². The van der Waals surface area contributed by atoms with Crippen LogP contribution in [-0.2, 0) is 4.79 Å². The molecule has 0 radical (unpaired) electrons. The van der Waals surface area contributed by atoms with Crippen molar-refractivity contribution in [3.05, 3.63) is 34.3 Å². The van der Waals surface area contributed by atoms with E-state index in [0.717, 1.165) is 17.2 Å². The molecule has 1 rings (SSSR count). The summed E-state index contributed by atoms with van der Waals surface area (Å²) in [5.74, 6) is 0.380. The summed E-state index contributed by atoms with van der Waals surface area (Å²) in [6, 6.07) is 8.18. The minimum atomic E-state index is 0.380. The van der Waals surface area contributed by atoms with Crippen molar-refractivity contribution in [3.8, 4) is 0 Å². The third kappa shape index (κ3) is 2.96. The summed E-state index contributed by atoms with van der Waals surface area (Å²) in [5.41, 5.74) is 1.25. The van der Waals surface area contributed by atoms with E-state index in [0.29, 0.717) is 12.3 Å². The highest BCUT2D eigenvalue weighted by Crippen LogP contribution is 2.23. The van der Waals surface area contributed by atoms with Crippen LogP contribution < -0.4 is 0 Å².